The Morgan fingerprint density at radius 1 is 2.14 bits per heavy atom. The number of alkyl halides is 1. The molecule has 1 N–H and O–H groups in total. The summed E-state index contributed by atoms with van der Waals surface area (Å²) in [5, 5.41) is 7.81. The van der Waals surface area contributed by atoms with Gasteiger partial charge in [-0.3, -0.25) is 0 Å². The Morgan fingerprint density at radius 3 is 2.86 bits per heavy atom. The quantitative estimate of drug-likeness (QED) is 0.441. The van der Waals surface area contributed by atoms with Crippen molar-refractivity contribution in [2.24, 2.45) is 0 Å². The first-order valence-corrected chi connectivity index (χ1v) is 2.08. The molecule has 0 aromatic carbocycles. The third-order valence-corrected chi connectivity index (χ3v) is 0.373. The average Bonchev–Trinajstić information content (AvgIpc) is 1.65. The molecule has 0 aliphatic rings. The minimum Gasteiger partial charge on any atom is -0.450 e. The second-order valence-corrected chi connectivity index (χ2v) is 1.01. The van der Waals surface area contributed by atoms with Gasteiger partial charge in [0.25, 0.3) is 0 Å². The van der Waals surface area contributed by atoms with E-state index in [0.717, 1.165) is 0 Å². The van der Waals surface area contributed by atoms with E-state index in [0.29, 0.717) is 0 Å². The van der Waals surface area contributed by atoms with Crippen molar-refractivity contribution in [3.05, 3.63) is 0 Å². The van der Waals surface area contributed by atoms with Crippen LogP contribution in [0.2, 0.25) is 0 Å². The highest BCUT2D eigenvalue weighted by atomic mass is 35.5. The van der Waals surface area contributed by atoms with Gasteiger partial charge in [-0.2, -0.15) is 0 Å². The lowest BCUT2D eigenvalue weighted by Crippen LogP contribution is -2.01. The fraction of sp³-hybridized carbons (Fsp3) is 0.667. The van der Waals surface area contributed by atoms with Gasteiger partial charge >= 0.3 is 6.16 Å². The SMILES string of the molecule is [2H]C(CCl)OC(=O)O. The molecule has 0 saturated carbocycles. The zero-order valence-corrected chi connectivity index (χ0v) is 4.18. The molecule has 0 radical (unpaired) electrons. The molecule has 0 saturated heterocycles. The largest absolute Gasteiger partial charge is 0.505 e. The number of carbonyl (C=O) groups is 1. The van der Waals surface area contributed by atoms with Crippen LogP contribution in [-0.4, -0.2) is 23.7 Å². The van der Waals surface area contributed by atoms with E-state index in [9.17, 15) is 4.79 Å². The number of rotatable bonds is 2. The Morgan fingerprint density at radius 2 is 2.71 bits per heavy atom. The van der Waals surface area contributed by atoms with Crippen molar-refractivity contribution in [2.75, 3.05) is 12.5 Å². The Labute approximate surface area is 47.2 Å². The molecular formula is C3H5ClO3. The van der Waals surface area contributed by atoms with Crippen LogP contribution in [0.15, 0.2) is 0 Å². The Hall–Kier alpha value is -0.440. The summed E-state index contributed by atoms with van der Waals surface area (Å²) in [7, 11) is 0. The number of hydrogen-bond acceptors (Lipinski definition) is 2. The molecule has 1 unspecified atom stereocenters. The highest BCUT2D eigenvalue weighted by Crippen LogP contribution is 1.77. The van der Waals surface area contributed by atoms with Gasteiger partial charge in [0.05, 0.1) is 7.25 Å². The van der Waals surface area contributed by atoms with Crippen molar-refractivity contribution in [3.63, 3.8) is 0 Å². The number of hydrogen-bond donors (Lipinski definition) is 1. The van der Waals surface area contributed by atoms with Crippen molar-refractivity contribution in [2.45, 2.75) is 0 Å². The van der Waals surface area contributed by atoms with Crippen molar-refractivity contribution >= 4 is 17.8 Å². The first kappa shape index (κ1) is 4.71. The second-order valence-electron chi connectivity index (χ2n) is 0.705. The van der Waals surface area contributed by atoms with Crippen LogP contribution in [-0.2, 0) is 4.74 Å². The van der Waals surface area contributed by atoms with Gasteiger partial charge in [0.15, 0.2) is 0 Å². The van der Waals surface area contributed by atoms with Crippen LogP contribution in [0, 0.1) is 0 Å². The lowest BCUT2D eigenvalue weighted by Gasteiger charge is -1.90. The molecule has 0 aromatic rings. The summed E-state index contributed by atoms with van der Waals surface area (Å²) in [6.45, 7) is -1.16. The summed E-state index contributed by atoms with van der Waals surface area (Å²) < 4.78 is 10.5. The van der Waals surface area contributed by atoms with Crippen LogP contribution in [0.3, 0.4) is 0 Å². The van der Waals surface area contributed by atoms with E-state index < -0.39 is 12.7 Å². The molecule has 0 rings (SSSR count). The molecule has 0 amide bonds. The third-order valence-electron chi connectivity index (χ3n) is 0.247. The summed E-state index contributed by atoms with van der Waals surface area (Å²) in [5.41, 5.74) is 0. The maximum atomic E-state index is 9.57. The molecule has 7 heavy (non-hydrogen) atoms. The molecule has 3 nitrogen and oxygen atoms in total. The third kappa shape index (κ3) is 5.56. The smallest absolute Gasteiger partial charge is 0.450 e. The van der Waals surface area contributed by atoms with Gasteiger partial charge < -0.3 is 9.84 Å². The monoisotopic (exact) mass is 125 g/mol. The standard InChI is InChI=1S/C3H5ClO3/c4-1-2-7-3(5)6/h1-2H2,(H,5,6)/i2D. The van der Waals surface area contributed by atoms with Crippen molar-refractivity contribution in [3.8, 4) is 0 Å². The number of halogens is 1. The van der Waals surface area contributed by atoms with E-state index in [-0.39, 0.29) is 5.88 Å². The summed E-state index contributed by atoms with van der Waals surface area (Å²) in [5.74, 6) is -0.133. The van der Waals surface area contributed by atoms with E-state index in [2.05, 4.69) is 4.74 Å². The molecule has 1 atom stereocenters. The molecule has 0 aliphatic carbocycles. The molecule has 0 aliphatic heterocycles. The van der Waals surface area contributed by atoms with Gasteiger partial charge in [-0.25, -0.2) is 4.79 Å². The van der Waals surface area contributed by atoms with Crippen LogP contribution >= 0.6 is 11.6 Å². The second kappa shape index (κ2) is 3.74. The van der Waals surface area contributed by atoms with Gasteiger partial charge in [0, 0.05) is 0 Å². The van der Waals surface area contributed by atoms with E-state index in [1.165, 1.54) is 0 Å². The van der Waals surface area contributed by atoms with Gasteiger partial charge in [-0.1, -0.05) is 0 Å². The summed E-state index contributed by atoms with van der Waals surface area (Å²) in [6.07, 6.45) is -1.47. The maximum Gasteiger partial charge on any atom is 0.505 e. The van der Waals surface area contributed by atoms with Gasteiger partial charge in [0.2, 0.25) is 0 Å². The molecule has 0 heterocycles. The highest BCUT2D eigenvalue weighted by Gasteiger charge is 1.90. The van der Waals surface area contributed by atoms with Crippen molar-refractivity contribution in [1.82, 2.24) is 0 Å². The Kier molecular flexibility index (Phi) is 2.52. The molecule has 42 valence electrons. The van der Waals surface area contributed by atoms with Crippen LogP contribution < -0.4 is 0 Å². The lowest BCUT2D eigenvalue weighted by molar-refractivity contribution is 0.0972. The topological polar surface area (TPSA) is 46.5 Å². The molecule has 0 fully saturated rings. The fourth-order valence-corrected chi connectivity index (χ4v) is 0.166. The van der Waals surface area contributed by atoms with Crippen molar-refractivity contribution in [1.29, 1.82) is 0 Å². The normalized spacial score (nSPS) is 14.7. The highest BCUT2D eigenvalue weighted by molar-refractivity contribution is 6.18. The molecule has 0 bridgehead atoms. The van der Waals surface area contributed by atoms with Gasteiger partial charge in [-0.05, 0) is 0 Å². The minimum absolute atomic E-state index is 0.133. The number of carboxylic acid groups (broad SMARTS) is 1. The molecule has 0 aromatic heterocycles. The van der Waals surface area contributed by atoms with Crippen LogP contribution in [0.5, 0.6) is 0 Å². The van der Waals surface area contributed by atoms with E-state index in [4.69, 9.17) is 18.1 Å². The maximum absolute atomic E-state index is 9.57. The first-order valence-electron chi connectivity index (χ1n) is 2.12. The Balaban J connectivity index is 3.24. The number of ether oxygens (including phenoxy) is 1. The van der Waals surface area contributed by atoms with Gasteiger partial charge in [-0.15, -0.1) is 11.6 Å². The van der Waals surface area contributed by atoms with Crippen LogP contribution in [0.4, 0.5) is 4.79 Å². The fourth-order valence-electron chi connectivity index (χ4n) is 0.103. The summed E-state index contributed by atoms with van der Waals surface area (Å²) in [6, 6.07) is 0. The van der Waals surface area contributed by atoms with Gasteiger partial charge in [0.1, 0.15) is 6.58 Å². The van der Waals surface area contributed by atoms with E-state index >= 15 is 0 Å². The predicted molar refractivity (Wildman–Crippen MR) is 24.7 cm³/mol. The molecule has 4 heteroatoms. The minimum atomic E-state index is -1.47. The summed E-state index contributed by atoms with van der Waals surface area (Å²) >= 11 is 5.02. The average molecular weight is 126 g/mol. The zero-order chi connectivity index (χ0) is 6.57. The Bertz CT molecular complexity index is 86.6. The van der Waals surface area contributed by atoms with Crippen LogP contribution in [0.1, 0.15) is 1.37 Å². The predicted octanol–water partition coefficient (Wildman–Crippen LogP) is 0.920. The molecular weight excluding hydrogens is 119 g/mol. The lowest BCUT2D eigenvalue weighted by atomic mass is 10.9. The van der Waals surface area contributed by atoms with E-state index in [1.807, 2.05) is 0 Å². The van der Waals surface area contributed by atoms with Crippen LogP contribution in [0.25, 0.3) is 0 Å². The van der Waals surface area contributed by atoms with E-state index in [1.54, 1.807) is 0 Å². The first-order chi connectivity index (χ1) is 3.66. The zero-order valence-electron chi connectivity index (χ0n) is 4.43. The molecule has 0 spiro atoms. The summed E-state index contributed by atoms with van der Waals surface area (Å²) in [4.78, 5) is 9.57. The van der Waals surface area contributed by atoms with Crippen molar-refractivity contribution < 1.29 is 16.0 Å².